The predicted octanol–water partition coefficient (Wildman–Crippen LogP) is 4.97. The van der Waals surface area contributed by atoms with Crippen molar-refractivity contribution in [2.75, 3.05) is 29.9 Å². The van der Waals surface area contributed by atoms with Crippen LogP contribution in [0.25, 0.3) is 11.1 Å². The van der Waals surface area contributed by atoms with Gasteiger partial charge < -0.3 is 14.6 Å². The summed E-state index contributed by atoms with van der Waals surface area (Å²) in [4.78, 5) is 39.0. The van der Waals surface area contributed by atoms with Gasteiger partial charge in [0.05, 0.1) is 18.4 Å². The van der Waals surface area contributed by atoms with E-state index in [2.05, 4.69) is 63.1 Å². The molecule has 9 heteroatoms. The smallest absolute Gasteiger partial charge is 0.354 e. The van der Waals surface area contributed by atoms with E-state index in [1.165, 1.54) is 6.20 Å². The molecule has 0 saturated carbocycles. The lowest BCUT2D eigenvalue weighted by molar-refractivity contribution is -0.108. The Morgan fingerprint density at radius 1 is 1.00 bits per heavy atom. The van der Waals surface area contributed by atoms with Gasteiger partial charge in [-0.3, -0.25) is 14.6 Å². The molecule has 1 aliphatic rings. The number of imidazole rings is 1. The lowest BCUT2D eigenvalue weighted by Crippen LogP contribution is -2.53. The molecule has 0 radical (unpaired) electrons. The van der Waals surface area contributed by atoms with Crippen LogP contribution in [0.3, 0.4) is 0 Å². The first kappa shape index (κ1) is 27.1. The topological polar surface area (TPSA) is 94.8 Å². The van der Waals surface area contributed by atoms with E-state index in [4.69, 9.17) is 0 Å². The molecule has 1 amide bonds. The summed E-state index contributed by atoms with van der Waals surface area (Å²) in [6.07, 6.45) is 5.50. The van der Waals surface area contributed by atoms with Crippen molar-refractivity contribution in [3.05, 3.63) is 90.6 Å². The summed E-state index contributed by atoms with van der Waals surface area (Å²) >= 11 is 0. The second-order valence-corrected chi connectivity index (χ2v) is 10.5. The standard InChI is InChI=1S/C31H34N6O3/c1-31(15-18-36(19-16-31)21-28-33-20-27(30(39)40)35(28)3)37(22-38)29-26(10-7-17-32-29)34(2)25-13-11-24(12-14-25)23-8-5-4-6-9-23/h4-14,17,20,22H,15-16,18-19,21H2,1-3H3,(H,39,40). The quantitative estimate of drug-likeness (QED) is 0.301. The van der Waals surface area contributed by atoms with Gasteiger partial charge in [0.2, 0.25) is 6.41 Å². The molecule has 1 N–H and O–H groups in total. The average Bonchev–Trinajstić information content (AvgIpc) is 3.35. The molecule has 1 saturated heterocycles. The van der Waals surface area contributed by atoms with E-state index in [0.29, 0.717) is 18.2 Å². The Kier molecular flexibility index (Phi) is 7.66. The molecule has 0 atom stereocenters. The van der Waals surface area contributed by atoms with E-state index >= 15 is 0 Å². The maximum absolute atomic E-state index is 12.6. The van der Waals surface area contributed by atoms with Crippen LogP contribution in [-0.4, -0.2) is 62.6 Å². The van der Waals surface area contributed by atoms with Crippen LogP contribution in [0.2, 0.25) is 0 Å². The fourth-order valence-corrected chi connectivity index (χ4v) is 5.34. The Labute approximate surface area is 234 Å². The molecule has 4 aromatic rings. The van der Waals surface area contributed by atoms with Crippen molar-refractivity contribution in [2.24, 2.45) is 7.05 Å². The largest absolute Gasteiger partial charge is 0.477 e. The number of anilines is 3. The van der Waals surface area contributed by atoms with Crippen LogP contribution < -0.4 is 9.80 Å². The molecule has 206 valence electrons. The van der Waals surface area contributed by atoms with E-state index in [1.807, 2.05) is 37.4 Å². The third-order valence-corrected chi connectivity index (χ3v) is 8.01. The van der Waals surface area contributed by atoms with Crippen molar-refractivity contribution in [3.63, 3.8) is 0 Å². The van der Waals surface area contributed by atoms with Crippen molar-refractivity contribution < 1.29 is 14.7 Å². The zero-order valence-corrected chi connectivity index (χ0v) is 23.1. The second-order valence-electron chi connectivity index (χ2n) is 10.5. The molecule has 1 fully saturated rings. The Balaban J connectivity index is 1.32. The number of piperidine rings is 1. The van der Waals surface area contributed by atoms with Gasteiger partial charge in [0.25, 0.3) is 0 Å². The van der Waals surface area contributed by atoms with E-state index in [9.17, 15) is 14.7 Å². The number of benzene rings is 2. The minimum Gasteiger partial charge on any atom is -0.477 e. The summed E-state index contributed by atoms with van der Waals surface area (Å²) in [5, 5.41) is 9.32. The first-order chi connectivity index (χ1) is 19.3. The van der Waals surface area contributed by atoms with Crippen molar-refractivity contribution in [1.82, 2.24) is 19.4 Å². The molecule has 0 unspecified atom stereocenters. The second kappa shape index (κ2) is 11.3. The number of nitrogens with zero attached hydrogens (tertiary/aromatic N) is 6. The lowest BCUT2D eigenvalue weighted by Gasteiger charge is -2.45. The highest BCUT2D eigenvalue weighted by molar-refractivity contribution is 5.86. The number of carboxylic acids is 1. The number of hydrogen-bond donors (Lipinski definition) is 1. The Morgan fingerprint density at radius 3 is 2.30 bits per heavy atom. The third-order valence-electron chi connectivity index (χ3n) is 8.01. The summed E-state index contributed by atoms with van der Waals surface area (Å²) in [5.74, 6) is 0.343. The zero-order chi connectivity index (χ0) is 28.3. The van der Waals surface area contributed by atoms with Gasteiger partial charge in [-0.15, -0.1) is 0 Å². The third kappa shape index (κ3) is 5.33. The van der Waals surface area contributed by atoms with Crippen molar-refractivity contribution in [2.45, 2.75) is 31.8 Å². The maximum atomic E-state index is 12.6. The van der Waals surface area contributed by atoms with Gasteiger partial charge in [-0.05, 0) is 55.2 Å². The Morgan fingerprint density at radius 2 is 1.68 bits per heavy atom. The molecule has 5 rings (SSSR count). The summed E-state index contributed by atoms with van der Waals surface area (Å²) < 4.78 is 1.62. The molecular formula is C31H34N6O3. The highest BCUT2D eigenvalue weighted by Gasteiger charge is 2.38. The van der Waals surface area contributed by atoms with Gasteiger partial charge in [0.15, 0.2) is 5.82 Å². The molecule has 9 nitrogen and oxygen atoms in total. The minimum absolute atomic E-state index is 0.172. The van der Waals surface area contributed by atoms with E-state index in [1.54, 1.807) is 22.7 Å². The highest BCUT2D eigenvalue weighted by atomic mass is 16.4. The monoisotopic (exact) mass is 538 g/mol. The van der Waals surface area contributed by atoms with E-state index in [0.717, 1.165) is 54.8 Å². The number of hydrogen-bond acceptors (Lipinski definition) is 6. The number of carboxylic acid groups (broad SMARTS) is 1. The van der Waals surface area contributed by atoms with Gasteiger partial charge in [-0.2, -0.15) is 0 Å². The fourth-order valence-electron chi connectivity index (χ4n) is 5.34. The predicted molar refractivity (Wildman–Crippen MR) is 156 cm³/mol. The van der Waals surface area contributed by atoms with Crippen LogP contribution in [0, 0.1) is 0 Å². The van der Waals surface area contributed by atoms with Crippen LogP contribution in [-0.2, 0) is 18.4 Å². The molecule has 1 aliphatic heterocycles. The number of pyridine rings is 1. The number of aromatic carboxylic acids is 1. The SMILES string of the molecule is CN(c1ccc(-c2ccccc2)cc1)c1cccnc1N(C=O)C1(C)CCN(Cc2ncc(C(=O)O)n2C)CC1. The number of carbonyl (C=O) groups is 2. The first-order valence-corrected chi connectivity index (χ1v) is 13.4. The molecule has 0 aliphatic carbocycles. The summed E-state index contributed by atoms with van der Waals surface area (Å²) in [5.41, 5.74) is 3.90. The maximum Gasteiger partial charge on any atom is 0.354 e. The zero-order valence-electron chi connectivity index (χ0n) is 23.1. The summed E-state index contributed by atoms with van der Waals surface area (Å²) in [6, 6.07) is 22.5. The van der Waals surface area contributed by atoms with Crippen molar-refractivity contribution in [3.8, 4) is 11.1 Å². The number of likely N-dealkylation sites (tertiary alicyclic amines) is 1. The number of carbonyl (C=O) groups excluding carboxylic acids is 1. The number of amides is 1. The van der Waals surface area contributed by atoms with Crippen molar-refractivity contribution in [1.29, 1.82) is 0 Å². The Hall–Kier alpha value is -4.50. The average molecular weight is 539 g/mol. The highest BCUT2D eigenvalue weighted by Crippen LogP contribution is 2.38. The van der Waals surface area contributed by atoms with Gasteiger partial charge in [0, 0.05) is 44.6 Å². The summed E-state index contributed by atoms with van der Waals surface area (Å²) in [6.45, 7) is 4.15. The van der Waals surface area contributed by atoms with Crippen LogP contribution >= 0.6 is 0 Å². The molecule has 2 aromatic carbocycles. The molecule has 3 heterocycles. The molecule has 0 spiro atoms. The summed E-state index contributed by atoms with van der Waals surface area (Å²) in [7, 11) is 3.71. The van der Waals surface area contributed by atoms with Crippen LogP contribution in [0.15, 0.2) is 79.1 Å². The van der Waals surface area contributed by atoms with Crippen LogP contribution in [0.5, 0.6) is 0 Å². The normalized spacial score (nSPS) is 15.0. The molecular weight excluding hydrogens is 504 g/mol. The molecule has 2 aromatic heterocycles. The fraction of sp³-hybridized carbons (Fsp3) is 0.290. The van der Waals surface area contributed by atoms with Crippen LogP contribution in [0.1, 0.15) is 36.1 Å². The lowest BCUT2D eigenvalue weighted by atomic mass is 9.87. The van der Waals surface area contributed by atoms with Gasteiger partial charge >= 0.3 is 5.97 Å². The van der Waals surface area contributed by atoms with Crippen LogP contribution in [0.4, 0.5) is 17.2 Å². The number of rotatable bonds is 9. The van der Waals surface area contributed by atoms with E-state index < -0.39 is 11.5 Å². The minimum atomic E-state index is -0.989. The van der Waals surface area contributed by atoms with Gasteiger partial charge in [-0.25, -0.2) is 14.8 Å². The van der Waals surface area contributed by atoms with Crippen molar-refractivity contribution >= 4 is 29.6 Å². The van der Waals surface area contributed by atoms with E-state index in [-0.39, 0.29) is 5.69 Å². The van der Waals surface area contributed by atoms with Gasteiger partial charge in [0.1, 0.15) is 11.5 Å². The Bertz CT molecular complexity index is 1480. The molecule has 0 bridgehead atoms. The van der Waals surface area contributed by atoms with Gasteiger partial charge in [-0.1, -0.05) is 42.5 Å². The molecule has 40 heavy (non-hydrogen) atoms. The number of aromatic nitrogens is 3. The first-order valence-electron chi connectivity index (χ1n) is 13.4.